The average Bonchev–Trinajstić information content (AvgIpc) is 3.04. The minimum Gasteiger partial charge on any atom is -0.493 e. The van der Waals surface area contributed by atoms with Gasteiger partial charge >= 0.3 is 0 Å². The van der Waals surface area contributed by atoms with Gasteiger partial charge in [0, 0.05) is 6.08 Å². The third-order valence-electron chi connectivity index (χ3n) is 2.77. The van der Waals surface area contributed by atoms with E-state index in [9.17, 15) is 4.79 Å². The molecule has 22 heavy (non-hydrogen) atoms. The molecule has 1 heterocycles. The fourth-order valence-electron chi connectivity index (χ4n) is 1.79. The summed E-state index contributed by atoms with van der Waals surface area (Å²) in [5.41, 5.74) is 0.724. The van der Waals surface area contributed by atoms with E-state index in [-0.39, 0.29) is 11.9 Å². The predicted octanol–water partition coefficient (Wildman–Crippen LogP) is 1.48. The van der Waals surface area contributed by atoms with Gasteiger partial charge in [-0.05, 0) is 23.8 Å². The Morgan fingerprint density at radius 1 is 1.18 bits per heavy atom. The van der Waals surface area contributed by atoms with Crippen LogP contribution < -0.4 is 19.5 Å². The van der Waals surface area contributed by atoms with Crippen molar-refractivity contribution in [2.75, 3.05) is 26.6 Å². The number of anilines is 1. The summed E-state index contributed by atoms with van der Waals surface area (Å²) in [6, 6.07) is 3.47. The van der Waals surface area contributed by atoms with Gasteiger partial charge in [-0.1, -0.05) is 0 Å². The van der Waals surface area contributed by atoms with Crippen LogP contribution in [-0.2, 0) is 4.79 Å². The zero-order valence-corrected chi connectivity index (χ0v) is 12.4. The molecule has 1 aromatic carbocycles. The number of ether oxygens (including phenoxy) is 3. The van der Waals surface area contributed by atoms with Crippen LogP contribution in [0.5, 0.6) is 17.2 Å². The van der Waals surface area contributed by atoms with Crippen LogP contribution in [0.1, 0.15) is 5.56 Å². The molecule has 2 aromatic rings. The van der Waals surface area contributed by atoms with Crippen LogP contribution in [0.2, 0.25) is 0 Å². The molecule has 0 aliphatic rings. The number of aromatic amines is 1. The molecule has 0 spiro atoms. The minimum atomic E-state index is -0.342. The summed E-state index contributed by atoms with van der Waals surface area (Å²) in [7, 11) is 4.59. The maximum Gasteiger partial charge on any atom is 0.250 e. The zero-order valence-electron chi connectivity index (χ0n) is 12.4. The lowest BCUT2D eigenvalue weighted by atomic mass is 10.1. The second kappa shape index (κ2) is 7.11. The summed E-state index contributed by atoms with van der Waals surface area (Å²) < 4.78 is 15.7. The molecule has 0 unspecified atom stereocenters. The summed E-state index contributed by atoms with van der Waals surface area (Å²) in [5.74, 6) is 1.45. The molecule has 1 amide bonds. The molecule has 0 saturated heterocycles. The van der Waals surface area contributed by atoms with E-state index < -0.39 is 0 Å². The number of hydrogen-bond acceptors (Lipinski definition) is 6. The third kappa shape index (κ3) is 3.54. The molecular formula is C14H16N4O4. The highest BCUT2D eigenvalue weighted by Gasteiger charge is 2.12. The first kappa shape index (κ1) is 15.4. The van der Waals surface area contributed by atoms with Gasteiger partial charge in [-0.3, -0.25) is 10.1 Å². The van der Waals surface area contributed by atoms with Crippen molar-refractivity contribution in [2.45, 2.75) is 0 Å². The first-order chi connectivity index (χ1) is 10.7. The molecule has 2 rings (SSSR count). The Balaban J connectivity index is 2.18. The summed E-state index contributed by atoms with van der Waals surface area (Å²) in [6.45, 7) is 0. The quantitative estimate of drug-likeness (QED) is 0.784. The van der Waals surface area contributed by atoms with Crippen molar-refractivity contribution in [3.8, 4) is 17.2 Å². The van der Waals surface area contributed by atoms with E-state index in [1.807, 2.05) is 0 Å². The summed E-state index contributed by atoms with van der Waals surface area (Å²) in [4.78, 5) is 15.5. The van der Waals surface area contributed by atoms with Crippen molar-refractivity contribution >= 4 is 17.9 Å². The third-order valence-corrected chi connectivity index (χ3v) is 2.77. The molecule has 8 nitrogen and oxygen atoms in total. The molecule has 0 aliphatic heterocycles. The number of methoxy groups -OCH3 is 3. The minimum absolute atomic E-state index is 0.277. The Labute approximate surface area is 127 Å². The number of aromatic nitrogens is 3. The molecule has 1 aromatic heterocycles. The van der Waals surface area contributed by atoms with Gasteiger partial charge < -0.3 is 14.2 Å². The number of nitrogens with zero attached hydrogens (tertiary/aromatic N) is 2. The van der Waals surface area contributed by atoms with Crippen molar-refractivity contribution in [3.05, 3.63) is 30.1 Å². The molecule has 0 bridgehead atoms. The van der Waals surface area contributed by atoms with Gasteiger partial charge in [0.05, 0.1) is 21.3 Å². The Hall–Kier alpha value is -3.03. The molecule has 8 heteroatoms. The van der Waals surface area contributed by atoms with E-state index in [0.29, 0.717) is 17.2 Å². The van der Waals surface area contributed by atoms with Crippen molar-refractivity contribution < 1.29 is 19.0 Å². The van der Waals surface area contributed by atoms with Gasteiger partial charge in [0.25, 0.3) is 5.91 Å². The second-order valence-corrected chi connectivity index (χ2v) is 4.12. The molecule has 0 fully saturated rings. The SMILES string of the molecule is COc1cc(/C=C/C(=O)Nc2ncn[nH]2)cc(OC)c1OC. The summed E-state index contributed by atoms with van der Waals surface area (Å²) in [5, 5.41) is 8.70. The molecule has 0 atom stereocenters. The maximum absolute atomic E-state index is 11.7. The number of carbonyl (C=O) groups excluding carboxylic acids is 1. The van der Waals surface area contributed by atoms with Gasteiger partial charge in [0.15, 0.2) is 11.5 Å². The van der Waals surface area contributed by atoms with Crippen molar-refractivity contribution in [1.82, 2.24) is 15.2 Å². The lowest BCUT2D eigenvalue weighted by Gasteiger charge is -2.12. The Kier molecular flexibility index (Phi) is 4.97. The highest BCUT2D eigenvalue weighted by Crippen LogP contribution is 2.38. The molecule has 116 valence electrons. The van der Waals surface area contributed by atoms with Gasteiger partial charge in [0.2, 0.25) is 11.7 Å². The Morgan fingerprint density at radius 2 is 1.86 bits per heavy atom. The molecule has 2 N–H and O–H groups in total. The molecule has 0 saturated carbocycles. The topological polar surface area (TPSA) is 98.4 Å². The number of amides is 1. The van der Waals surface area contributed by atoms with E-state index in [2.05, 4.69) is 20.5 Å². The summed E-state index contributed by atoms with van der Waals surface area (Å²) >= 11 is 0. The molecular weight excluding hydrogens is 288 g/mol. The Morgan fingerprint density at radius 3 is 2.36 bits per heavy atom. The zero-order chi connectivity index (χ0) is 15.9. The average molecular weight is 304 g/mol. The largest absolute Gasteiger partial charge is 0.493 e. The van der Waals surface area contributed by atoms with Crippen LogP contribution in [-0.4, -0.2) is 42.4 Å². The van der Waals surface area contributed by atoms with E-state index in [4.69, 9.17) is 14.2 Å². The van der Waals surface area contributed by atoms with Gasteiger partial charge in [-0.25, -0.2) is 5.10 Å². The van der Waals surface area contributed by atoms with E-state index >= 15 is 0 Å². The van der Waals surface area contributed by atoms with Crippen LogP contribution in [0.25, 0.3) is 6.08 Å². The lowest BCUT2D eigenvalue weighted by molar-refractivity contribution is -0.111. The monoisotopic (exact) mass is 304 g/mol. The predicted molar refractivity (Wildman–Crippen MR) is 80.1 cm³/mol. The van der Waals surface area contributed by atoms with Crippen LogP contribution in [0.3, 0.4) is 0 Å². The van der Waals surface area contributed by atoms with Crippen molar-refractivity contribution in [2.24, 2.45) is 0 Å². The van der Waals surface area contributed by atoms with Gasteiger partial charge in [-0.15, -0.1) is 0 Å². The standard InChI is InChI=1S/C14H16N4O4/c1-20-10-6-9(7-11(21-2)13(10)22-3)4-5-12(19)17-14-15-8-16-18-14/h4-8H,1-3H3,(H2,15,16,17,18,19)/b5-4+. The van der Waals surface area contributed by atoms with Crippen molar-refractivity contribution in [1.29, 1.82) is 0 Å². The fraction of sp³-hybridized carbons (Fsp3) is 0.214. The van der Waals surface area contributed by atoms with Gasteiger partial charge in [-0.2, -0.15) is 10.1 Å². The van der Waals surface area contributed by atoms with Crippen LogP contribution in [0.4, 0.5) is 5.95 Å². The highest BCUT2D eigenvalue weighted by molar-refractivity contribution is 6.00. The first-order valence-electron chi connectivity index (χ1n) is 6.32. The van der Waals surface area contributed by atoms with E-state index in [1.54, 1.807) is 18.2 Å². The number of benzene rings is 1. The smallest absolute Gasteiger partial charge is 0.250 e. The lowest BCUT2D eigenvalue weighted by Crippen LogP contribution is -2.09. The van der Waals surface area contributed by atoms with Crippen LogP contribution in [0.15, 0.2) is 24.5 Å². The number of rotatable bonds is 6. The normalized spacial score (nSPS) is 10.5. The van der Waals surface area contributed by atoms with E-state index in [0.717, 1.165) is 5.56 Å². The van der Waals surface area contributed by atoms with E-state index in [1.165, 1.54) is 33.7 Å². The van der Waals surface area contributed by atoms with Crippen LogP contribution >= 0.6 is 0 Å². The molecule has 0 aliphatic carbocycles. The van der Waals surface area contributed by atoms with Crippen molar-refractivity contribution in [3.63, 3.8) is 0 Å². The fourth-order valence-corrected chi connectivity index (χ4v) is 1.79. The Bertz CT molecular complexity index is 642. The maximum atomic E-state index is 11.7. The van der Waals surface area contributed by atoms with Gasteiger partial charge in [0.1, 0.15) is 6.33 Å². The second-order valence-electron chi connectivity index (χ2n) is 4.12. The number of H-pyrrole nitrogens is 1. The number of nitrogens with one attached hydrogen (secondary N) is 2. The van der Waals surface area contributed by atoms with Crippen LogP contribution in [0, 0.1) is 0 Å². The number of hydrogen-bond donors (Lipinski definition) is 2. The highest BCUT2D eigenvalue weighted by atomic mass is 16.5. The summed E-state index contributed by atoms with van der Waals surface area (Å²) in [6.07, 6.45) is 4.29. The first-order valence-corrected chi connectivity index (χ1v) is 6.32. The molecule has 0 radical (unpaired) electrons. The number of carbonyl (C=O) groups is 1.